The summed E-state index contributed by atoms with van der Waals surface area (Å²) in [5, 5.41) is 16.4. The highest BCUT2D eigenvalue weighted by molar-refractivity contribution is 5.73. The maximum Gasteiger partial charge on any atom is 0.315 e. The Morgan fingerprint density at radius 1 is 1.23 bits per heavy atom. The summed E-state index contributed by atoms with van der Waals surface area (Å²) in [6, 6.07) is 6.23. The van der Waals surface area contributed by atoms with Crippen molar-refractivity contribution in [3.8, 4) is 0 Å². The molecule has 8 heteroatoms. The average Bonchev–Trinajstić information content (AvgIpc) is 2.64. The summed E-state index contributed by atoms with van der Waals surface area (Å²) in [7, 11) is 0. The molecule has 1 aliphatic rings. The first-order valence-corrected chi connectivity index (χ1v) is 9.02. The Morgan fingerprint density at radius 3 is 2.46 bits per heavy atom. The lowest BCUT2D eigenvalue weighted by atomic mass is 10.0. The van der Waals surface area contributed by atoms with Crippen molar-refractivity contribution >= 4 is 11.7 Å². The fourth-order valence-corrected chi connectivity index (χ4v) is 3.04. The highest BCUT2D eigenvalue weighted by Crippen LogP contribution is 2.13. The number of benzene rings is 1. The van der Waals surface area contributed by atoms with E-state index >= 15 is 0 Å². The zero-order valence-corrected chi connectivity index (χ0v) is 15.4. The van der Waals surface area contributed by atoms with Crippen LogP contribution in [0.2, 0.25) is 0 Å². The summed E-state index contributed by atoms with van der Waals surface area (Å²) in [4.78, 5) is 24.7. The van der Waals surface area contributed by atoms with E-state index in [-0.39, 0.29) is 11.7 Å². The minimum Gasteiger partial charge on any atom is -0.379 e. The molecule has 1 saturated heterocycles. The van der Waals surface area contributed by atoms with Gasteiger partial charge in [-0.15, -0.1) is 0 Å². The third-order valence-electron chi connectivity index (χ3n) is 4.40. The van der Waals surface area contributed by atoms with Gasteiger partial charge >= 0.3 is 6.03 Å². The minimum absolute atomic E-state index is 0.0419. The van der Waals surface area contributed by atoms with Gasteiger partial charge in [-0.3, -0.25) is 15.0 Å². The summed E-state index contributed by atoms with van der Waals surface area (Å²) in [6.45, 7) is 8.54. The molecule has 0 spiro atoms. The molecule has 2 amide bonds. The van der Waals surface area contributed by atoms with Gasteiger partial charge in [-0.2, -0.15) is 0 Å². The van der Waals surface area contributed by atoms with Gasteiger partial charge in [0.25, 0.3) is 5.69 Å². The predicted molar refractivity (Wildman–Crippen MR) is 99.0 cm³/mol. The largest absolute Gasteiger partial charge is 0.379 e. The molecule has 2 N–H and O–H groups in total. The maximum absolute atomic E-state index is 12.1. The van der Waals surface area contributed by atoms with Crippen LogP contribution >= 0.6 is 0 Å². The molecule has 1 aliphatic heterocycles. The van der Waals surface area contributed by atoms with Gasteiger partial charge < -0.3 is 15.4 Å². The molecule has 1 aromatic rings. The van der Waals surface area contributed by atoms with Gasteiger partial charge in [0.1, 0.15) is 0 Å². The van der Waals surface area contributed by atoms with E-state index in [0.29, 0.717) is 25.0 Å². The summed E-state index contributed by atoms with van der Waals surface area (Å²) in [6.07, 6.45) is 1.02. The van der Waals surface area contributed by atoms with E-state index in [1.54, 1.807) is 12.1 Å². The monoisotopic (exact) mass is 364 g/mol. The molecule has 0 bridgehead atoms. The number of carbonyl (C=O) groups excluding carboxylic acids is 1. The lowest BCUT2D eigenvalue weighted by molar-refractivity contribution is -0.384. The first-order valence-electron chi connectivity index (χ1n) is 9.02. The molecular weight excluding hydrogens is 336 g/mol. The molecule has 8 nitrogen and oxygen atoms in total. The summed E-state index contributed by atoms with van der Waals surface area (Å²) >= 11 is 0. The Kier molecular flexibility index (Phi) is 7.80. The van der Waals surface area contributed by atoms with Crippen LogP contribution in [0.5, 0.6) is 0 Å². The van der Waals surface area contributed by atoms with E-state index in [1.165, 1.54) is 12.1 Å². The number of nitrogens with one attached hydrogen (secondary N) is 2. The first-order chi connectivity index (χ1) is 12.5. The number of hydrogen-bond donors (Lipinski definition) is 2. The number of ether oxygens (including phenoxy) is 1. The maximum atomic E-state index is 12.1. The Bertz CT molecular complexity index is 585. The quantitative estimate of drug-likeness (QED) is 0.544. The number of nitro groups is 1. The number of amides is 2. The number of nitro benzene ring substituents is 1. The van der Waals surface area contributed by atoms with Crippen LogP contribution in [-0.4, -0.2) is 54.7 Å². The van der Waals surface area contributed by atoms with Gasteiger partial charge in [-0.1, -0.05) is 26.0 Å². The Morgan fingerprint density at radius 2 is 1.88 bits per heavy atom. The van der Waals surface area contributed by atoms with Gasteiger partial charge in [-0.05, 0) is 17.9 Å². The molecule has 1 heterocycles. The third kappa shape index (κ3) is 6.61. The van der Waals surface area contributed by atoms with Crippen molar-refractivity contribution in [3.63, 3.8) is 0 Å². The smallest absolute Gasteiger partial charge is 0.315 e. The highest BCUT2D eigenvalue weighted by Gasteiger charge is 2.22. The molecule has 1 atom stereocenters. The van der Waals surface area contributed by atoms with E-state index in [4.69, 9.17) is 4.74 Å². The SMILES string of the molecule is CC(C)CC(CNC(=O)NCc1ccc([N+](=O)[O-])cc1)N1CCOCC1. The van der Waals surface area contributed by atoms with Crippen molar-refractivity contribution in [3.05, 3.63) is 39.9 Å². The zero-order valence-electron chi connectivity index (χ0n) is 15.4. The molecule has 1 aromatic carbocycles. The van der Waals surface area contributed by atoms with E-state index in [9.17, 15) is 14.9 Å². The molecule has 144 valence electrons. The van der Waals surface area contributed by atoms with Crippen molar-refractivity contribution in [2.24, 2.45) is 5.92 Å². The van der Waals surface area contributed by atoms with Crippen LogP contribution in [0.15, 0.2) is 24.3 Å². The van der Waals surface area contributed by atoms with E-state index < -0.39 is 4.92 Å². The second-order valence-corrected chi connectivity index (χ2v) is 6.92. The van der Waals surface area contributed by atoms with Crippen LogP contribution in [0.1, 0.15) is 25.8 Å². The molecule has 0 saturated carbocycles. The lowest BCUT2D eigenvalue weighted by Gasteiger charge is -2.35. The third-order valence-corrected chi connectivity index (χ3v) is 4.40. The van der Waals surface area contributed by atoms with Gasteiger partial charge in [0.15, 0.2) is 0 Å². The van der Waals surface area contributed by atoms with Crippen LogP contribution in [0.4, 0.5) is 10.5 Å². The number of urea groups is 1. The van der Waals surface area contributed by atoms with Crippen molar-refractivity contribution in [1.82, 2.24) is 15.5 Å². The second kappa shape index (κ2) is 10.1. The predicted octanol–water partition coefficient (Wildman–Crippen LogP) is 2.14. The van der Waals surface area contributed by atoms with Crippen molar-refractivity contribution in [2.45, 2.75) is 32.9 Å². The average molecular weight is 364 g/mol. The van der Waals surface area contributed by atoms with E-state index in [0.717, 1.165) is 38.3 Å². The van der Waals surface area contributed by atoms with Crippen LogP contribution in [0.25, 0.3) is 0 Å². The van der Waals surface area contributed by atoms with Crippen LogP contribution in [0.3, 0.4) is 0 Å². The summed E-state index contributed by atoms with van der Waals surface area (Å²) < 4.78 is 5.41. The molecule has 1 fully saturated rings. The fourth-order valence-electron chi connectivity index (χ4n) is 3.04. The van der Waals surface area contributed by atoms with E-state index in [2.05, 4.69) is 29.4 Å². The molecule has 26 heavy (non-hydrogen) atoms. The number of carbonyl (C=O) groups is 1. The fraction of sp³-hybridized carbons (Fsp3) is 0.611. The van der Waals surface area contributed by atoms with Gasteiger partial charge in [0, 0.05) is 44.4 Å². The molecule has 0 aromatic heterocycles. The topological polar surface area (TPSA) is 96.7 Å². The Hall–Kier alpha value is -2.19. The van der Waals surface area contributed by atoms with Crippen LogP contribution in [-0.2, 0) is 11.3 Å². The minimum atomic E-state index is -0.440. The van der Waals surface area contributed by atoms with Crippen molar-refractivity contribution in [2.75, 3.05) is 32.8 Å². The van der Waals surface area contributed by atoms with Gasteiger partial charge in [0.05, 0.1) is 18.1 Å². The number of non-ortho nitro benzene ring substituents is 1. The zero-order chi connectivity index (χ0) is 18.9. The number of morpholine rings is 1. The normalized spacial score (nSPS) is 16.3. The van der Waals surface area contributed by atoms with Crippen molar-refractivity contribution in [1.29, 1.82) is 0 Å². The number of hydrogen-bond acceptors (Lipinski definition) is 5. The molecular formula is C18H28N4O4. The van der Waals surface area contributed by atoms with Crippen LogP contribution < -0.4 is 10.6 Å². The lowest BCUT2D eigenvalue weighted by Crippen LogP contribution is -2.50. The Balaban J connectivity index is 1.78. The molecule has 2 rings (SSSR count). The Labute approximate surface area is 154 Å². The van der Waals surface area contributed by atoms with Crippen molar-refractivity contribution < 1.29 is 14.5 Å². The summed E-state index contributed by atoms with van der Waals surface area (Å²) in [5.74, 6) is 0.549. The second-order valence-electron chi connectivity index (χ2n) is 6.92. The molecule has 1 unspecified atom stereocenters. The number of rotatable bonds is 8. The number of nitrogens with zero attached hydrogens (tertiary/aromatic N) is 2. The molecule has 0 aliphatic carbocycles. The molecule has 0 radical (unpaired) electrons. The summed E-state index contributed by atoms with van der Waals surface area (Å²) in [5.41, 5.74) is 0.859. The standard InChI is InChI=1S/C18H28N4O4/c1-14(2)11-17(21-7-9-26-10-8-21)13-20-18(23)19-12-15-3-5-16(6-4-15)22(24)25/h3-6,14,17H,7-13H2,1-2H3,(H2,19,20,23). The highest BCUT2D eigenvalue weighted by atomic mass is 16.6. The van der Waals surface area contributed by atoms with Crippen LogP contribution in [0, 0.1) is 16.0 Å². The first kappa shape index (κ1) is 20.1. The van der Waals surface area contributed by atoms with Gasteiger partial charge in [0.2, 0.25) is 0 Å². The van der Waals surface area contributed by atoms with E-state index in [1.807, 2.05) is 0 Å². The van der Waals surface area contributed by atoms with Gasteiger partial charge in [-0.25, -0.2) is 4.79 Å².